The van der Waals surface area contributed by atoms with Crippen molar-refractivity contribution in [1.82, 2.24) is 15.3 Å². The number of hydrogen-bond donors (Lipinski definition) is 2. The van der Waals surface area contributed by atoms with Crippen molar-refractivity contribution >= 4 is 43.9 Å². The number of carbonyl (C=O) groups is 1. The van der Waals surface area contributed by atoms with Crippen LogP contribution < -0.4 is 29.3 Å². The highest BCUT2D eigenvalue weighted by atomic mass is 32.2. The van der Waals surface area contributed by atoms with Gasteiger partial charge < -0.3 is 24.6 Å². The fraction of sp³-hybridized carbons (Fsp3) is 0.344. The molecule has 0 saturated carbocycles. The molecule has 4 heterocycles. The van der Waals surface area contributed by atoms with Crippen LogP contribution in [0.5, 0.6) is 11.6 Å². The highest BCUT2D eigenvalue weighted by Gasteiger charge is 2.58. The Kier molecular flexibility index (Phi) is 7.77. The Morgan fingerprint density at radius 1 is 1.11 bits per heavy atom. The van der Waals surface area contributed by atoms with Crippen LogP contribution in [0.1, 0.15) is 19.4 Å². The summed E-state index contributed by atoms with van der Waals surface area (Å²) < 4.78 is 53.7. The van der Waals surface area contributed by atoms with Crippen molar-refractivity contribution < 1.29 is 27.1 Å². The van der Waals surface area contributed by atoms with Crippen LogP contribution in [-0.4, -0.2) is 77.0 Å². The number of nitrogens with zero attached hydrogens (tertiary/aromatic N) is 4. The molecule has 13 heteroatoms. The Balaban J connectivity index is 1.40. The summed E-state index contributed by atoms with van der Waals surface area (Å²) >= 11 is 0. The minimum Gasteiger partial charge on any atom is -0.497 e. The number of benzene rings is 2. The van der Waals surface area contributed by atoms with Crippen LogP contribution in [0.2, 0.25) is 0 Å². The van der Waals surface area contributed by atoms with Gasteiger partial charge in [-0.1, -0.05) is 19.9 Å². The van der Waals surface area contributed by atoms with Gasteiger partial charge in [-0.25, -0.2) is 17.8 Å². The lowest BCUT2D eigenvalue weighted by Gasteiger charge is -2.48. The van der Waals surface area contributed by atoms with E-state index < -0.39 is 21.3 Å². The highest BCUT2D eigenvalue weighted by Crippen LogP contribution is 2.51. The molecule has 2 aliphatic rings. The molecule has 2 aromatic carbocycles. The van der Waals surface area contributed by atoms with E-state index in [0.717, 1.165) is 23.3 Å². The number of rotatable bonds is 10. The van der Waals surface area contributed by atoms with Gasteiger partial charge in [-0.3, -0.25) is 14.5 Å². The minimum atomic E-state index is -3.70. The number of halogens is 1. The Morgan fingerprint density at radius 3 is 2.60 bits per heavy atom. The monoisotopic (exact) mass is 634 g/mol. The summed E-state index contributed by atoms with van der Waals surface area (Å²) in [7, 11) is -0.359. The van der Waals surface area contributed by atoms with Crippen LogP contribution in [0.3, 0.4) is 0 Å². The second-order valence-electron chi connectivity index (χ2n) is 11.8. The number of fused-ring (bicyclic) bond motifs is 4. The van der Waals surface area contributed by atoms with Gasteiger partial charge in [0, 0.05) is 78.8 Å². The maximum atomic E-state index is 15.7. The second-order valence-corrected chi connectivity index (χ2v) is 13.5. The molecule has 0 aliphatic carbocycles. The number of nitrogens with one attached hydrogen (secondary N) is 2. The first-order valence-corrected chi connectivity index (χ1v) is 16.4. The van der Waals surface area contributed by atoms with Crippen LogP contribution in [-0.2, 0) is 20.2 Å². The van der Waals surface area contributed by atoms with Gasteiger partial charge in [0.25, 0.3) is 0 Å². The van der Waals surface area contributed by atoms with E-state index in [1.807, 2.05) is 38.1 Å². The molecule has 236 valence electrons. The van der Waals surface area contributed by atoms with Crippen LogP contribution in [0.25, 0.3) is 22.0 Å². The summed E-state index contributed by atoms with van der Waals surface area (Å²) in [4.78, 5) is 26.3. The fourth-order valence-electron chi connectivity index (χ4n) is 6.09. The number of sulfonamides is 1. The molecule has 0 unspecified atom stereocenters. The van der Waals surface area contributed by atoms with E-state index in [9.17, 15) is 13.2 Å². The van der Waals surface area contributed by atoms with E-state index in [1.165, 1.54) is 18.3 Å². The molecule has 1 saturated heterocycles. The number of anilines is 3. The van der Waals surface area contributed by atoms with Crippen molar-refractivity contribution in [3.05, 3.63) is 66.2 Å². The molecule has 4 aromatic rings. The molecule has 1 spiro atoms. The molecule has 2 aromatic heterocycles. The van der Waals surface area contributed by atoms with E-state index in [1.54, 1.807) is 31.3 Å². The molecule has 0 atom stereocenters. The normalized spacial score (nSPS) is 15.5. The van der Waals surface area contributed by atoms with Crippen LogP contribution >= 0.6 is 0 Å². The van der Waals surface area contributed by atoms with Gasteiger partial charge in [0.05, 0.1) is 30.8 Å². The maximum Gasteiger partial charge on any atom is 0.241 e. The van der Waals surface area contributed by atoms with Gasteiger partial charge >= 0.3 is 0 Å². The van der Waals surface area contributed by atoms with Gasteiger partial charge in [-0.05, 0) is 24.3 Å². The molecule has 45 heavy (non-hydrogen) atoms. The first-order valence-electron chi connectivity index (χ1n) is 14.5. The average Bonchev–Trinajstić information content (AvgIpc) is 3.20. The van der Waals surface area contributed by atoms with Crippen molar-refractivity contribution in [2.45, 2.75) is 25.3 Å². The zero-order chi connectivity index (χ0) is 32.1. The van der Waals surface area contributed by atoms with Crippen LogP contribution in [0.4, 0.5) is 21.5 Å². The standard InChI is InChI=1S/C32H35FN6O5S/c1-19(2)34-9-10-44-30-27(37-45(5,41)42)11-20(15-36-30)23-13-24-26(14-25(23)33)35-16-28-29(24)32(31(40)38(28)3)17-39(18-32)21-7-6-8-22(12-21)43-4/h6-8,11-16,19,34,37H,9-10,17-18H2,1-5H3. The van der Waals surface area contributed by atoms with Gasteiger partial charge in [0.15, 0.2) is 0 Å². The molecule has 6 rings (SSSR count). The Morgan fingerprint density at radius 2 is 1.89 bits per heavy atom. The molecule has 11 nitrogen and oxygen atoms in total. The Bertz CT molecular complexity index is 1910. The lowest BCUT2D eigenvalue weighted by atomic mass is 9.73. The van der Waals surface area contributed by atoms with E-state index in [0.29, 0.717) is 41.8 Å². The van der Waals surface area contributed by atoms with Crippen molar-refractivity contribution in [2.24, 2.45) is 0 Å². The molecule has 2 aliphatic heterocycles. The van der Waals surface area contributed by atoms with Crippen molar-refractivity contribution in [3.63, 3.8) is 0 Å². The number of likely N-dealkylation sites (N-methyl/N-ethyl adjacent to an activating group) is 1. The topological polar surface area (TPSA) is 126 Å². The zero-order valence-corrected chi connectivity index (χ0v) is 26.5. The molecular weight excluding hydrogens is 599 g/mol. The summed E-state index contributed by atoms with van der Waals surface area (Å²) in [6, 6.07) is 12.4. The molecule has 2 N–H and O–H groups in total. The van der Waals surface area contributed by atoms with Gasteiger partial charge in [-0.15, -0.1) is 0 Å². The Hall–Kier alpha value is -4.49. The molecule has 1 amide bonds. The van der Waals surface area contributed by atoms with E-state index in [-0.39, 0.29) is 35.7 Å². The number of amides is 1. The van der Waals surface area contributed by atoms with Crippen molar-refractivity contribution in [3.8, 4) is 22.8 Å². The van der Waals surface area contributed by atoms with E-state index in [2.05, 4.69) is 24.9 Å². The average molecular weight is 635 g/mol. The highest BCUT2D eigenvalue weighted by molar-refractivity contribution is 7.92. The van der Waals surface area contributed by atoms with E-state index >= 15 is 4.39 Å². The van der Waals surface area contributed by atoms with Crippen molar-refractivity contribution in [2.75, 3.05) is 61.2 Å². The second kappa shape index (κ2) is 11.5. The first kappa shape index (κ1) is 30.5. The minimum absolute atomic E-state index is 0.0495. The van der Waals surface area contributed by atoms with Crippen LogP contribution in [0, 0.1) is 5.82 Å². The number of methoxy groups -OCH3 is 1. The molecule has 0 bridgehead atoms. The lowest BCUT2D eigenvalue weighted by molar-refractivity contribution is -0.123. The molecule has 1 fully saturated rings. The van der Waals surface area contributed by atoms with Gasteiger partial charge in [0.2, 0.25) is 21.8 Å². The number of ether oxygens (including phenoxy) is 2. The zero-order valence-electron chi connectivity index (χ0n) is 25.7. The molecule has 0 radical (unpaired) electrons. The fourth-order valence-corrected chi connectivity index (χ4v) is 6.64. The third kappa shape index (κ3) is 5.61. The number of pyridine rings is 2. The predicted molar refractivity (Wildman–Crippen MR) is 172 cm³/mol. The summed E-state index contributed by atoms with van der Waals surface area (Å²) in [5.41, 5.74) is 2.60. The summed E-state index contributed by atoms with van der Waals surface area (Å²) in [6.45, 7) is 5.66. The lowest BCUT2D eigenvalue weighted by Crippen LogP contribution is -2.64. The smallest absolute Gasteiger partial charge is 0.241 e. The van der Waals surface area contributed by atoms with Gasteiger partial charge in [0.1, 0.15) is 29.3 Å². The predicted octanol–water partition coefficient (Wildman–Crippen LogP) is 3.93. The quantitative estimate of drug-likeness (QED) is 0.250. The number of carbonyl (C=O) groups excluding carboxylic acids is 1. The molecular formula is C32H35FN6O5S. The van der Waals surface area contributed by atoms with Gasteiger partial charge in [-0.2, -0.15) is 0 Å². The summed E-state index contributed by atoms with van der Waals surface area (Å²) in [6.07, 6.45) is 4.09. The van der Waals surface area contributed by atoms with E-state index in [4.69, 9.17) is 9.47 Å². The Labute approximate surface area is 261 Å². The largest absolute Gasteiger partial charge is 0.497 e. The third-order valence-electron chi connectivity index (χ3n) is 8.18. The third-order valence-corrected chi connectivity index (χ3v) is 8.77. The SMILES string of the molecule is COc1cccc(N2CC3(C2)C(=O)N(C)c2cnc4cc(F)c(-c5cnc(OCCNC(C)C)c(NS(C)(=O)=O)c5)cc4c23)c1. The summed E-state index contributed by atoms with van der Waals surface area (Å²) in [5.74, 6) is 0.194. The summed E-state index contributed by atoms with van der Waals surface area (Å²) in [5, 5.41) is 3.87. The number of hydrogen-bond acceptors (Lipinski definition) is 9. The maximum absolute atomic E-state index is 15.7. The van der Waals surface area contributed by atoms with Crippen molar-refractivity contribution in [1.29, 1.82) is 0 Å². The van der Waals surface area contributed by atoms with Crippen LogP contribution in [0.15, 0.2) is 54.9 Å². The number of aromatic nitrogens is 2. The first-order chi connectivity index (χ1) is 21.4.